The molecule has 9 heteroatoms. The van der Waals surface area contributed by atoms with Crippen LogP contribution in [0.2, 0.25) is 0 Å². The second-order valence-corrected chi connectivity index (χ2v) is 9.15. The zero-order valence-electron chi connectivity index (χ0n) is 15.5. The molecule has 0 fully saturated rings. The topological polar surface area (TPSA) is 109 Å². The van der Waals surface area contributed by atoms with Crippen molar-refractivity contribution in [2.45, 2.75) is 52.1 Å². The van der Waals surface area contributed by atoms with Crippen LogP contribution in [0, 0.1) is 0 Å². The third kappa shape index (κ3) is 7.31. The molecule has 1 heterocycles. The molecule has 0 aliphatic carbocycles. The summed E-state index contributed by atoms with van der Waals surface area (Å²) >= 11 is 0. The molecule has 24 heavy (non-hydrogen) atoms. The Morgan fingerprint density at radius 2 is 1.88 bits per heavy atom. The summed E-state index contributed by atoms with van der Waals surface area (Å²) in [5.41, 5.74) is -0.736. The average Bonchev–Trinajstić information content (AvgIpc) is 2.84. The standard InChI is InChI=1S/C15H29N5O3S/c1-14(2,3)11-8-17-12(23-11)9-18-13(16-6)19-10-15(4,5)20-24(7,21)22/h8,20H,9-10H2,1-7H3,(H2,16,18,19). The van der Waals surface area contributed by atoms with Gasteiger partial charge >= 0.3 is 0 Å². The molecule has 0 saturated heterocycles. The van der Waals surface area contributed by atoms with Crippen molar-refractivity contribution in [2.75, 3.05) is 19.8 Å². The number of sulfonamides is 1. The van der Waals surface area contributed by atoms with Crippen LogP contribution < -0.4 is 15.4 Å². The number of hydrogen-bond acceptors (Lipinski definition) is 5. The molecule has 0 unspecified atom stereocenters. The fourth-order valence-electron chi connectivity index (χ4n) is 1.96. The van der Waals surface area contributed by atoms with Crippen LogP contribution in [0.25, 0.3) is 0 Å². The monoisotopic (exact) mass is 359 g/mol. The van der Waals surface area contributed by atoms with E-state index in [1.807, 2.05) is 0 Å². The first-order valence-corrected chi connectivity index (χ1v) is 9.60. The van der Waals surface area contributed by atoms with E-state index >= 15 is 0 Å². The molecule has 3 N–H and O–H groups in total. The summed E-state index contributed by atoms with van der Waals surface area (Å²) in [6, 6.07) is 0. The number of aromatic nitrogens is 1. The number of hydrogen-bond donors (Lipinski definition) is 3. The Labute approximate surface area is 144 Å². The number of rotatable bonds is 6. The molecule has 0 saturated carbocycles. The lowest BCUT2D eigenvalue weighted by molar-refractivity contribution is 0.379. The van der Waals surface area contributed by atoms with Crippen LogP contribution in [-0.4, -0.2) is 44.7 Å². The molecule has 0 spiro atoms. The van der Waals surface area contributed by atoms with E-state index in [1.54, 1.807) is 27.1 Å². The molecule has 1 aromatic heterocycles. The lowest BCUT2D eigenvalue weighted by atomic mass is 9.94. The van der Waals surface area contributed by atoms with Crippen LogP contribution in [0.15, 0.2) is 15.6 Å². The number of nitrogens with zero attached hydrogens (tertiary/aromatic N) is 2. The predicted molar refractivity (Wildman–Crippen MR) is 95.5 cm³/mol. The van der Waals surface area contributed by atoms with Crippen LogP contribution >= 0.6 is 0 Å². The Morgan fingerprint density at radius 3 is 2.33 bits per heavy atom. The molecule has 8 nitrogen and oxygen atoms in total. The van der Waals surface area contributed by atoms with Crippen molar-refractivity contribution in [3.05, 3.63) is 17.8 Å². The van der Waals surface area contributed by atoms with Gasteiger partial charge in [-0.15, -0.1) is 0 Å². The molecule has 0 atom stereocenters. The third-order valence-electron chi connectivity index (χ3n) is 3.08. The molecule has 1 rings (SSSR count). The number of nitrogens with one attached hydrogen (secondary N) is 3. The van der Waals surface area contributed by atoms with Gasteiger partial charge in [0.1, 0.15) is 5.76 Å². The Kier molecular flexibility index (Phi) is 6.40. The minimum Gasteiger partial charge on any atom is -0.443 e. The van der Waals surface area contributed by atoms with Crippen molar-refractivity contribution in [3.63, 3.8) is 0 Å². The molecule has 0 aromatic carbocycles. The van der Waals surface area contributed by atoms with E-state index in [-0.39, 0.29) is 5.41 Å². The minimum absolute atomic E-state index is 0.0908. The lowest BCUT2D eigenvalue weighted by Gasteiger charge is -2.26. The maximum absolute atomic E-state index is 11.3. The number of aliphatic imine (C=N–C) groups is 1. The largest absolute Gasteiger partial charge is 0.443 e. The van der Waals surface area contributed by atoms with Crippen molar-refractivity contribution in [3.8, 4) is 0 Å². The number of oxazole rings is 1. The molecule has 1 aromatic rings. The molecule has 0 bridgehead atoms. The first kappa shape index (κ1) is 20.4. The van der Waals surface area contributed by atoms with Gasteiger partial charge in [-0.25, -0.2) is 18.1 Å². The smallest absolute Gasteiger partial charge is 0.213 e. The van der Waals surface area contributed by atoms with Gasteiger partial charge in [0.15, 0.2) is 5.96 Å². The zero-order chi connectivity index (χ0) is 18.6. The fraction of sp³-hybridized carbons (Fsp3) is 0.733. The van der Waals surface area contributed by atoms with Gasteiger partial charge in [0.25, 0.3) is 0 Å². The first-order valence-electron chi connectivity index (χ1n) is 7.71. The number of guanidine groups is 1. The maximum Gasteiger partial charge on any atom is 0.213 e. The van der Waals surface area contributed by atoms with Gasteiger partial charge < -0.3 is 15.1 Å². The summed E-state index contributed by atoms with van der Waals surface area (Å²) in [6.07, 6.45) is 2.86. The normalized spacial score (nSPS) is 13.9. The molecule has 0 radical (unpaired) electrons. The average molecular weight is 359 g/mol. The summed E-state index contributed by atoms with van der Waals surface area (Å²) in [7, 11) is -1.64. The van der Waals surface area contributed by atoms with Gasteiger partial charge in [0, 0.05) is 24.5 Å². The van der Waals surface area contributed by atoms with Crippen molar-refractivity contribution in [2.24, 2.45) is 4.99 Å². The Bertz CT molecular complexity index is 672. The second-order valence-electron chi connectivity index (χ2n) is 7.41. The van der Waals surface area contributed by atoms with Crippen molar-refractivity contribution in [1.82, 2.24) is 20.3 Å². The van der Waals surface area contributed by atoms with E-state index in [4.69, 9.17) is 4.42 Å². The van der Waals surface area contributed by atoms with E-state index in [0.29, 0.717) is 24.9 Å². The summed E-state index contributed by atoms with van der Waals surface area (Å²) < 4.78 is 31.0. The molecule has 0 aliphatic heterocycles. The highest BCUT2D eigenvalue weighted by atomic mass is 32.2. The second kappa shape index (κ2) is 7.52. The lowest BCUT2D eigenvalue weighted by Crippen LogP contribution is -2.52. The fourth-order valence-corrected chi connectivity index (χ4v) is 3.04. The van der Waals surface area contributed by atoms with Gasteiger partial charge in [-0.1, -0.05) is 20.8 Å². The van der Waals surface area contributed by atoms with Crippen LogP contribution in [0.3, 0.4) is 0 Å². The SMILES string of the molecule is CN=C(NCc1ncc(C(C)(C)C)o1)NCC(C)(C)NS(C)(=O)=O. The molecule has 0 aliphatic rings. The van der Waals surface area contributed by atoms with E-state index in [9.17, 15) is 8.42 Å². The summed E-state index contributed by atoms with van der Waals surface area (Å²) in [5.74, 6) is 1.92. The van der Waals surface area contributed by atoms with Gasteiger partial charge in [-0.2, -0.15) is 0 Å². The molecule has 138 valence electrons. The van der Waals surface area contributed by atoms with E-state index < -0.39 is 15.6 Å². The predicted octanol–water partition coefficient (Wildman–Crippen LogP) is 0.965. The Balaban J connectivity index is 2.56. The molecular formula is C15H29N5O3S. The van der Waals surface area contributed by atoms with Crippen molar-refractivity contribution < 1.29 is 12.8 Å². The van der Waals surface area contributed by atoms with E-state index in [1.165, 1.54) is 0 Å². The highest BCUT2D eigenvalue weighted by molar-refractivity contribution is 7.88. The van der Waals surface area contributed by atoms with Crippen LogP contribution in [-0.2, 0) is 22.0 Å². The van der Waals surface area contributed by atoms with Crippen LogP contribution in [0.1, 0.15) is 46.3 Å². The first-order chi connectivity index (χ1) is 10.8. The van der Waals surface area contributed by atoms with Gasteiger partial charge in [0.2, 0.25) is 15.9 Å². The molecule has 0 amide bonds. The van der Waals surface area contributed by atoms with Gasteiger partial charge in [-0.05, 0) is 13.8 Å². The highest BCUT2D eigenvalue weighted by Gasteiger charge is 2.22. The van der Waals surface area contributed by atoms with Crippen molar-refractivity contribution in [1.29, 1.82) is 0 Å². The van der Waals surface area contributed by atoms with Gasteiger partial charge in [-0.3, -0.25) is 4.99 Å². The van der Waals surface area contributed by atoms with Crippen LogP contribution in [0.4, 0.5) is 0 Å². The Hall–Kier alpha value is -1.61. The highest BCUT2D eigenvalue weighted by Crippen LogP contribution is 2.22. The van der Waals surface area contributed by atoms with E-state index in [2.05, 4.69) is 46.1 Å². The van der Waals surface area contributed by atoms with Crippen LogP contribution in [0.5, 0.6) is 0 Å². The quantitative estimate of drug-likeness (QED) is 0.516. The van der Waals surface area contributed by atoms with Crippen molar-refractivity contribution >= 4 is 16.0 Å². The molecular weight excluding hydrogens is 330 g/mol. The summed E-state index contributed by atoms with van der Waals surface area (Å²) in [4.78, 5) is 8.35. The summed E-state index contributed by atoms with van der Waals surface area (Å²) in [6.45, 7) is 10.5. The summed E-state index contributed by atoms with van der Waals surface area (Å²) in [5, 5.41) is 6.17. The minimum atomic E-state index is -3.28. The maximum atomic E-state index is 11.3. The van der Waals surface area contributed by atoms with E-state index in [0.717, 1.165) is 12.0 Å². The third-order valence-corrected chi connectivity index (χ3v) is 4.01. The van der Waals surface area contributed by atoms with Gasteiger partial charge in [0.05, 0.1) is 19.0 Å². The zero-order valence-corrected chi connectivity index (χ0v) is 16.3. The Morgan fingerprint density at radius 1 is 1.25 bits per heavy atom.